The fraction of sp³-hybridized carbons (Fsp3) is 0.500. The fourth-order valence-electron chi connectivity index (χ4n) is 2.71. The summed E-state index contributed by atoms with van der Waals surface area (Å²) in [5, 5.41) is 6.11. The van der Waals surface area contributed by atoms with Crippen LogP contribution in [0.3, 0.4) is 0 Å². The molecule has 0 radical (unpaired) electrons. The van der Waals surface area contributed by atoms with Crippen molar-refractivity contribution >= 4 is 22.3 Å². The van der Waals surface area contributed by atoms with Crippen LogP contribution in [0.25, 0.3) is 0 Å². The van der Waals surface area contributed by atoms with Gasteiger partial charge in [-0.25, -0.2) is 9.97 Å². The number of thiazole rings is 1. The fourth-order valence-corrected chi connectivity index (χ4v) is 3.40. The summed E-state index contributed by atoms with van der Waals surface area (Å²) in [6.45, 7) is 4.27. The molecule has 1 aliphatic rings. The molecule has 5 heteroatoms. The molecule has 1 aliphatic carbocycles. The van der Waals surface area contributed by atoms with Crippen molar-refractivity contribution in [1.29, 1.82) is 0 Å². The predicted octanol–water partition coefficient (Wildman–Crippen LogP) is 4.55. The molecule has 4 nitrogen and oxygen atoms in total. The number of hydrogen-bond donors (Lipinski definition) is 1. The number of hydrogen-bond acceptors (Lipinski definition) is 5. The second kappa shape index (κ2) is 6.43. The molecule has 1 saturated carbocycles. The summed E-state index contributed by atoms with van der Waals surface area (Å²) in [4.78, 5) is 8.72. The van der Waals surface area contributed by atoms with E-state index < -0.39 is 0 Å². The van der Waals surface area contributed by atoms with Crippen LogP contribution in [0.2, 0.25) is 0 Å². The van der Waals surface area contributed by atoms with Crippen molar-refractivity contribution in [2.45, 2.75) is 45.6 Å². The molecule has 2 heterocycles. The molecule has 0 unspecified atom stereocenters. The molecule has 3 rings (SSSR count). The Labute approximate surface area is 129 Å². The van der Waals surface area contributed by atoms with Gasteiger partial charge in [0.05, 0.1) is 5.69 Å². The van der Waals surface area contributed by atoms with E-state index in [2.05, 4.69) is 22.2 Å². The number of ether oxygens (including phenoxy) is 1. The first-order chi connectivity index (χ1) is 10.2. The van der Waals surface area contributed by atoms with Crippen molar-refractivity contribution in [3.63, 3.8) is 0 Å². The molecule has 0 saturated heterocycles. The lowest BCUT2D eigenvalue weighted by Crippen LogP contribution is -2.28. The molecule has 21 heavy (non-hydrogen) atoms. The van der Waals surface area contributed by atoms with Gasteiger partial charge in [-0.2, -0.15) is 0 Å². The minimum atomic E-state index is 0.330. The summed E-state index contributed by atoms with van der Waals surface area (Å²) in [5.41, 5.74) is 1.02. The summed E-state index contributed by atoms with van der Waals surface area (Å²) >= 11 is 1.58. The van der Waals surface area contributed by atoms with Crippen molar-refractivity contribution in [2.24, 2.45) is 5.92 Å². The van der Waals surface area contributed by atoms with Crippen molar-refractivity contribution in [3.05, 3.63) is 29.4 Å². The van der Waals surface area contributed by atoms with Crippen molar-refractivity contribution in [3.8, 4) is 5.75 Å². The Bertz CT molecular complexity index is 599. The number of anilines is 2. The average Bonchev–Trinajstić information content (AvgIpc) is 2.87. The minimum absolute atomic E-state index is 0.330. The van der Waals surface area contributed by atoms with Gasteiger partial charge in [0.25, 0.3) is 0 Å². The Balaban J connectivity index is 1.67. The monoisotopic (exact) mass is 303 g/mol. The molecule has 0 spiro atoms. The molecule has 0 amide bonds. The van der Waals surface area contributed by atoms with Crippen LogP contribution in [0.15, 0.2) is 23.7 Å². The maximum absolute atomic E-state index is 6.15. The van der Waals surface area contributed by atoms with E-state index in [4.69, 9.17) is 4.74 Å². The first kappa shape index (κ1) is 14.3. The molecule has 2 atom stereocenters. The van der Waals surface area contributed by atoms with Crippen LogP contribution < -0.4 is 10.1 Å². The first-order valence-corrected chi connectivity index (χ1v) is 8.40. The third-order valence-electron chi connectivity index (χ3n) is 3.91. The number of pyridine rings is 1. The topological polar surface area (TPSA) is 47.0 Å². The number of aryl methyl sites for hydroxylation is 1. The van der Waals surface area contributed by atoms with Gasteiger partial charge in [-0.1, -0.05) is 13.3 Å². The Morgan fingerprint density at radius 2 is 2.19 bits per heavy atom. The second-order valence-electron chi connectivity index (χ2n) is 5.71. The zero-order chi connectivity index (χ0) is 14.7. The number of nitrogens with one attached hydrogen (secondary N) is 1. The number of aromatic nitrogens is 2. The SMILES string of the molecule is Cc1csc(Nc2cc(O[C@@H]3CCCC[C@H]3C)ccn2)n1. The summed E-state index contributed by atoms with van der Waals surface area (Å²) in [7, 11) is 0. The predicted molar refractivity (Wildman–Crippen MR) is 86.4 cm³/mol. The van der Waals surface area contributed by atoms with Gasteiger partial charge in [0.1, 0.15) is 17.7 Å². The smallest absolute Gasteiger partial charge is 0.188 e. The Morgan fingerprint density at radius 3 is 2.95 bits per heavy atom. The molecular weight excluding hydrogens is 282 g/mol. The van der Waals surface area contributed by atoms with Crippen LogP contribution in [-0.2, 0) is 0 Å². The largest absolute Gasteiger partial charge is 0.490 e. The zero-order valence-electron chi connectivity index (χ0n) is 12.5. The van der Waals surface area contributed by atoms with E-state index >= 15 is 0 Å². The molecule has 1 fully saturated rings. The van der Waals surface area contributed by atoms with Crippen molar-refractivity contribution in [2.75, 3.05) is 5.32 Å². The maximum Gasteiger partial charge on any atom is 0.188 e. The second-order valence-corrected chi connectivity index (χ2v) is 6.57. The minimum Gasteiger partial charge on any atom is -0.490 e. The van der Waals surface area contributed by atoms with Gasteiger partial charge >= 0.3 is 0 Å². The molecular formula is C16H21N3OS. The highest BCUT2D eigenvalue weighted by atomic mass is 32.1. The highest BCUT2D eigenvalue weighted by Crippen LogP contribution is 2.29. The van der Waals surface area contributed by atoms with Crippen LogP contribution in [0.5, 0.6) is 5.75 Å². The van der Waals surface area contributed by atoms with E-state index in [1.165, 1.54) is 19.3 Å². The average molecular weight is 303 g/mol. The molecule has 112 valence electrons. The van der Waals surface area contributed by atoms with E-state index in [0.29, 0.717) is 12.0 Å². The molecule has 0 aromatic carbocycles. The van der Waals surface area contributed by atoms with Gasteiger partial charge in [-0.15, -0.1) is 11.3 Å². The lowest BCUT2D eigenvalue weighted by molar-refractivity contribution is 0.102. The Kier molecular flexibility index (Phi) is 4.39. The van der Waals surface area contributed by atoms with E-state index in [1.807, 2.05) is 24.4 Å². The van der Waals surface area contributed by atoms with Gasteiger partial charge in [0.15, 0.2) is 5.13 Å². The summed E-state index contributed by atoms with van der Waals surface area (Å²) in [6.07, 6.45) is 7.12. The van der Waals surface area contributed by atoms with Gasteiger partial charge in [0, 0.05) is 17.6 Å². The first-order valence-electron chi connectivity index (χ1n) is 7.52. The third-order valence-corrected chi connectivity index (χ3v) is 4.78. The van der Waals surface area contributed by atoms with Crippen LogP contribution >= 0.6 is 11.3 Å². The summed E-state index contributed by atoms with van der Waals surface area (Å²) < 4.78 is 6.15. The highest BCUT2D eigenvalue weighted by Gasteiger charge is 2.22. The van der Waals surface area contributed by atoms with Gasteiger partial charge in [0.2, 0.25) is 0 Å². The lowest BCUT2D eigenvalue weighted by atomic mass is 9.88. The van der Waals surface area contributed by atoms with Gasteiger partial charge in [-0.05, 0) is 38.2 Å². The summed E-state index contributed by atoms with van der Waals surface area (Å²) in [6, 6.07) is 3.89. The standard InChI is InChI=1S/C16H21N3OS/c1-11-5-3-4-6-14(11)20-13-7-8-17-15(9-13)19-16-18-12(2)10-21-16/h7-11,14H,3-6H2,1-2H3,(H,17,18,19)/t11-,14-/m1/s1. The van der Waals surface area contributed by atoms with Crippen molar-refractivity contribution in [1.82, 2.24) is 9.97 Å². The molecule has 0 aliphatic heterocycles. The van der Waals surface area contributed by atoms with Crippen LogP contribution in [0.4, 0.5) is 10.9 Å². The maximum atomic E-state index is 6.15. The van der Waals surface area contributed by atoms with Crippen LogP contribution in [-0.4, -0.2) is 16.1 Å². The molecule has 1 N–H and O–H groups in total. The van der Waals surface area contributed by atoms with E-state index in [9.17, 15) is 0 Å². The number of nitrogens with zero attached hydrogens (tertiary/aromatic N) is 2. The normalized spacial score (nSPS) is 22.0. The Hall–Kier alpha value is -1.62. The Morgan fingerprint density at radius 1 is 1.33 bits per heavy atom. The van der Waals surface area contributed by atoms with Gasteiger partial charge < -0.3 is 10.1 Å². The van der Waals surface area contributed by atoms with E-state index in [-0.39, 0.29) is 0 Å². The highest BCUT2D eigenvalue weighted by molar-refractivity contribution is 7.13. The number of rotatable bonds is 4. The molecule has 2 aromatic heterocycles. The van der Waals surface area contributed by atoms with E-state index in [0.717, 1.165) is 28.8 Å². The summed E-state index contributed by atoms with van der Waals surface area (Å²) in [5.74, 6) is 2.30. The third kappa shape index (κ3) is 3.73. The lowest BCUT2D eigenvalue weighted by Gasteiger charge is -2.29. The quantitative estimate of drug-likeness (QED) is 0.900. The van der Waals surface area contributed by atoms with Crippen LogP contribution in [0.1, 0.15) is 38.3 Å². The molecule has 2 aromatic rings. The van der Waals surface area contributed by atoms with Crippen LogP contribution in [0, 0.1) is 12.8 Å². The van der Waals surface area contributed by atoms with E-state index in [1.54, 1.807) is 17.5 Å². The molecule has 0 bridgehead atoms. The zero-order valence-corrected chi connectivity index (χ0v) is 13.3. The van der Waals surface area contributed by atoms with Crippen molar-refractivity contribution < 1.29 is 4.74 Å². The van der Waals surface area contributed by atoms with Gasteiger partial charge in [-0.3, -0.25) is 0 Å².